The minimum Gasteiger partial charge on any atom is -0.478 e. The molecule has 0 saturated carbocycles. The summed E-state index contributed by atoms with van der Waals surface area (Å²) in [7, 11) is 0. The van der Waals surface area contributed by atoms with Gasteiger partial charge in [0.25, 0.3) is 0 Å². The molecule has 0 unspecified atom stereocenters. The zero-order valence-electron chi connectivity index (χ0n) is 14.4. The van der Waals surface area contributed by atoms with E-state index in [-0.39, 0.29) is 11.1 Å². The van der Waals surface area contributed by atoms with Crippen LogP contribution in [-0.4, -0.2) is 27.9 Å². The summed E-state index contributed by atoms with van der Waals surface area (Å²) in [6, 6.07) is 13.9. The summed E-state index contributed by atoms with van der Waals surface area (Å²) in [6.45, 7) is 3.65. The fraction of sp³-hybridized carbons (Fsp3) is 0.250. The maximum atomic E-state index is 11.2. The summed E-state index contributed by atoms with van der Waals surface area (Å²) < 4.78 is 0. The van der Waals surface area contributed by atoms with Crippen LogP contribution in [0.4, 0.5) is 0 Å². The third-order valence-corrected chi connectivity index (χ3v) is 3.49. The number of Topliss-reactive ketones (excluding diaryl/α,β-unsaturated/α-hetero) is 1. The van der Waals surface area contributed by atoms with Gasteiger partial charge in [-0.05, 0) is 36.6 Å². The lowest BCUT2D eigenvalue weighted by molar-refractivity contribution is -0.118. The SMILES string of the molecule is CCCC(=O)Cc1ccccc1.Cc1ccc(C(=O)O)cc1C(=O)O. The number of carbonyl (C=O) groups excluding carboxylic acids is 1. The van der Waals surface area contributed by atoms with E-state index in [9.17, 15) is 14.4 Å². The first-order valence-electron chi connectivity index (χ1n) is 7.98. The summed E-state index contributed by atoms with van der Waals surface area (Å²) in [5, 5.41) is 17.3. The van der Waals surface area contributed by atoms with Crippen molar-refractivity contribution >= 4 is 17.7 Å². The van der Waals surface area contributed by atoms with E-state index in [0.29, 0.717) is 24.2 Å². The van der Waals surface area contributed by atoms with Crippen LogP contribution in [0.5, 0.6) is 0 Å². The van der Waals surface area contributed by atoms with E-state index in [0.717, 1.165) is 18.1 Å². The van der Waals surface area contributed by atoms with Crippen molar-refractivity contribution in [2.24, 2.45) is 0 Å². The molecular formula is C20H22O5. The van der Waals surface area contributed by atoms with Crippen LogP contribution in [0.15, 0.2) is 48.5 Å². The largest absolute Gasteiger partial charge is 0.478 e. The molecule has 5 heteroatoms. The molecule has 0 aliphatic heterocycles. The molecule has 5 nitrogen and oxygen atoms in total. The average molecular weight is 342 g/mol. The highest BCUT2D eigenvalue weighted by atomic mass is 16.4. The van der Waals surface area contributed by atoms with Crippen LogP contribution in [-0.2, 0) is 11.2 Å². The van der Waals surface area contributed by atoms with E-state index >= 15 is 0 Å². The third kappa shape index (κ3) is 6.99. The smallest absolute Gasteiger partial charge is 0.335 e. The molecule has 0 heterocycles. The maximum Gasteiger partial charge on any atom is 0.335 e. The number of hydrogen-bond donors (Lipinski definition) is 2. The van der Waals surface area contributed by atoms with Crippen LogP contribution >= 0.6 is 0 Å². The van der Waals surface area contributed by atoms with E-state index < -0.39 is 11.9 Å². The predicted octanol–water partition coefficient (Wildman–Crippen LogP) is 3.99. The van der Waals surface area contributed by atoms with E-state index in [2.05, 4.69) is 0 Å². The number of carbonyl (C=O) groups is 3. The summed E-state index contributed by atoms with van der Waals surface area (Å²) >= 11 is 0. The summed E-state index contributed by atoms with van der Waals surface area (Å²) in [5.74, 6) is -1.90. The number of benzene rings is 2. The van der Waals surface area contributed by atoms with Gasteiger partial charge in [-0.15, -0.1) is 0 Å². The molecule has 0 amide bonds. The molecule has 2 aromatic rings. The molecule has 0 saturated heterocycles. The Balaban J connectivity index is 0.000000251. The van der Waals surface area contributed by atoms with Gasteiger partial charge in [0.1, 0.15) is 5.78 Å². The fourth-order valence-corrected chi connectivity index (χ4v) is 2.18. The lowest BCUT2D eigenvalue weighted by Gasteiger charge is -2.01. The van der Waals surface area contributed by atoms with Gasteiger partial charge in [0.2, 0.25) is 0 Å². The highest BCUT2D eigenvalue weighted by Gasteiger charge is 2.10. The van der Waals surface area contributed by atoms with Gasteiger partial charge in [-0.1, -0.05) is 43.3 Å². The van der Waals surface area contributed by atoms with E-state index in [4.69, 9.17) is 10.2 Å². The quantitative estimate of drug-likeness (QED) is 0.828. The molecule has 132 valence electrons. The van der Waals surface area contributed by atoms with Crippen molar-refractivity contribution in [3.05, 3.63) is 70.8 Å². The second-order valence-electron chi connectivity index (χ2n) is 5.59. The van der Waals surface area contributed by atoms with Crippen molar-refractivity contribution in [3.63, 3.8) is 0 Å². The number of rotatable bonds is 6. The van der Waals surface area contributed by atoms with Gasteiger partial charge in [0.15, 0.2) is 0 Å². The van der Waals surface area contributed by atoms with E-state index in [1.807, 2.05) is 37.3 Å². The van der Waals surface area contributed by atoms with Gasteiger partial charge in [-0.2, -0.15) is 0 Å². The van der Waals surface area contributed by atoms with Crippen LogP contribution < -0.4 is 0 Å². The second-order valence-corrected chi connectivity index (χ2v) is 5.59. The van der Waals surface area contributed by atoms with Crippen LogP contribution in [0, 0.1) is 6.92 Å². The Morgan fingerprint density at radius 3 is 2.08 bits per heavy atom. The van der Waals surface area contributed by atoms with Gasteiger partial charge in [0, 0.05) is 12.8 Å². The fourth-order valence-electron chi connectivity index (χ4n) is 2.18. The molecule has 0 aromatic heterocycles. The van der Waals surface area contributed by atoms with Gasteiger partial charge < -0.3 is 10.2 Å². The molecule has 2 aromatic carbocycles. The molecule has 0 atom stereocenters. The molecule has 2 N–H and O–H groups in total. The van der Waals surface area contributed by atoms with Crippen molar-refractivity contribution in [1.29, 1.82) is 0 Å². The van der Waals surface area contributed by atoms with Gasteiger partial charge in [0.05, 0.1) is 11.1 Å². The Labute approximate surface area is 146 Å². The molecule has 0 fully saturated rings. The maximum absolute atomic E-state index is 11.2. The predicted molar refractivity (Wildman–Crippen MR) is 95.2 cm³/mol. The van der Waals surface area contributed by atoms with Crippen LogP contribution in [0.1, 0.15) is 51.6 Å². The first-order valence-corrected chi connectivity index (χ1v) is 7.98. The Morgan fingerprint density at radius 1 is 0.920 bits per heavy atom. The first kappa shape index (κ1) is 20.1. The Hall–Kier alpha value is -2.95. The summed E-state index contributed by atoms with van der Waals surface area (Å²) in [6.07, 6.45) is 2.25. The number of aryl methyl sites for hydroxylation is 1. The zero-order chi connectivity index (χ0) is 18.8. The van der Waals surface area contributed by atoms with Gasteiger partial charge >= 0.3 is 11.9 Å². The molecule has 0 aliphatic rings. The van der Waals surface area contributed by atoms with Crippen molar-refractivity contribution in [2.45, 2.75) is 33.1 Å². The molecule has 0 radical (unpaired) electrons. The third-order valence-electron chi connectivity index (χ3n) is 3.49. The van der Waals surface area contributed by atoms with Crippen molar-refractivity contribution in [2.75, 3.05) is 0 Å². The normalized spacial score (nSPS) is 9.68. The van der Waals surface area contributed by atoms with Crippen LogP contribution in [0.3, 0.4) is 0 Å². The van der Waals surface area contributed by atoms with Crippen molar-refractivity contribution < 1.29 is 24.6 Å². The number of aromatic carboxylic acids is 2. The van der Waals surface area contributed by atoms with E-state index in [1.165, 1.54) is 12.1 Å². The number of carboxylic acids is 2. The highest BCUT2D eigenvalue weighted by molar-refractivity contribution is 5.94. The molecular weight excluding hydrogens is 320 g/mol. The highest BCUT2D eigenvalue weighted by Crippen LogP contribution is 2.11. The molecule has 2 rings (SSSR count). The number of ketones is 1. The number of carboxylic acid groups (broad SMARTS) is 2. The van der Waals surface area contributed by atoms with Crippen molar-refractivity contribution in [1.82, 2.24) is 0 Å². The average Bonchev–Trinajstić information content (AvgIpc) is 2.56. The van der Waals surface area contributed by atoms with Crippen LogP contribution in [0.2, 0.25) is 0 Å². The van der Waals surface area contributed by atoms with Gasteiger partial charge in [-0.3, -0.25) is 4.79 Å². The second kappa shape index (κ2) is 10.0. The number of hydrogen-bond acceptors (Lipinski definition) is 3. The minimum atomic E-state index is -1.12. The molecule has 0 spiro atoms. The molecule has 0 aliphatic carbocycles. The molecule has 25 heavy (non-hydrogen) atoms. The Bertz CT molecular complexity index is 735. The van der Waals surface area contributed by atoms with E-state index in [1.54, 1.807) is 6.92 Å². The minimum absolute atomic E-state index is 0.0111. The Morgan fingerprint density at radius 2 is 1.56 bits per heavy atom. The first-order chi connectivity index (χ1) is 11.8. The van der Waals surface area contributed by atoms with Crippen molar-refractivity contribution in [3.8, 4) is 0 Å². The zero-order valence-corrected chi connectivity index (χ0v) is 14.4. The van der Waals surface area contributed by atoms with Crippen LogP contribution in [0.25, 0.3) is 0 Å². The summed E-state index contributed by atoms with van der Waals surface area (Å²) in [5.41, 5.74) is 1.69. The lowest BCUT2D eigenvalue weighted by atomic mass is 10.1. The summed E-state index contributed by atoms with van der Waals surface area (Å²) in [4.78, 5) is 32.3. The van der Waals surface area contributed by atoms with Gasteiger partial charge in [-0.25, -0.2) is 9.59 Å². The molecule has 0 bridgehead atoms. The Kier molecular flexibility index (Phi) is 8.06. The lowest BCUT2D eigenvalue weighted by Crippen LogP contribution is -2.03. The standard InChI is InChI=1S/C11H14O.C9H8O4/c1-2-6-11(12)9-10-7-4-3-5-8-10;1-5-2-3-6(8(10)11)4-7(5)9(12)13/h3-5,7-8H,2,6,9H2,1H3;2-4H,1H3,(H,10,11)(H,12,13). The monoisotopic (exact) mass is 342 g/mol. The topological polar surface area (TPSA) is 91.7 Å².